The van der Waals surface area contributed by atoms with Gasteiger partial charge in [0.15, 0.2) is 0 Å². The van der Waals surface area contributed by atoms with Crippen molar-refractivity contribution in [1.29, 1.82) is 0 Å². The summed E-state index contributed by atoms with van der Waals surface area (Å²) < 4.78 is 5.58. The molecule has 0 fully saturated rings. The van der Waals surface area contributed by atoms with Crippen LogP contribution in [0.5, 0.6) is 5.75 Å². The van der Waals surface area contributed by atoms with E-state index in [0.717, 1.165) is 18.4 Å². The highest BCUT2D eigenvalue weighted by Crippen LogP contribution is 2.13. The summed E-state index contributed by atoms with van der Waals surface area (Å²) in [6, 6.07) is 14.0. The molecule has 0 aliphatic heterocycles. The summed E-state index contributed by atoms with van der Waals surface area (Å²) in [5.74, 6) is -0.111. The van der Waals surface area contributed by atoms with Crippen molar-refractivity contribution in [3.8, 4) is 5.75 Å². The minimum absolute atomic E-state index is 0.359. The molecule has 0 radical (unpaired) electrons. The number of rotatable bonds is 6. The third-order valence-corrected chi connectivity index (χ3v) is 3.43. The first-order chi connectivity index (χ1) is 11.6. The molecule has 126 valence electrons. The number of nitrogens with one attached hydrogen (secondary N) is 2. The molecular weight excluding hydrogens is 304 g/mol. The van der Waals surface area contributed by atoms with Crippen molar-refractivity contribution in [1.82, 2.24) is 10.9 Å². The van der Waals surface area contributed by atoms with Crippen molar-refractivity contribution in [3.05, 3.63) is 65.2 Å². The van der Waals surface area contributed by atoms with Crippen molar-refractivity contribution in [2.24, 2.45) is 0 Å². The Labute approximate surface area is 142 Å². The number of carbonyl (C=O) groups is 2. The van der Waals surface area contributed by atoms with Crippen LogP contribution in [0.3, 0.4) is 0 Å². The van der Waals surface area contributed by atoms with Crippen LogP contribution in [0.15, 0.2) is 48.5 Å². The summed E-state index contributed by atoms with van der Waals surface area (Å²) in [6.07, 6.45) is 2.01. The van der Waals surface area contributed by atoms with Gasteiger partial charge in [0, 0.05) is 11.1 Å². The summed E-state index contributed by atoms with van der Waals surface area (Å²) in [4.78, 5) is 24.2. The van der Waals surface area contributed by atoms with E-state index in [9.17, 15) is 9.59 Å². The van der Waals surface area contributed by atoms with Crippen molar-refractivity contribution < 1.29 is 14.3 Å². The number of ether oxygens (including phenoxy) is 1. The number of carbonyl (C=O) groups excluding carboxylic acids is 2. The van der Waals surface area contributed by atoms with Crippen LogP contribution in [0.4, 0.5) is 0 Å². The molecule has 0 aromatic heterocycles. The highest BCUT2D eigenvalue weighted by Gasteiger charge is 2.10. The third-order valence-electron chi connectivity index (χ3n) is 3.43. The van der Waals surface area contributed by atoms with Gasteiger partial charge in [0.2, 0.25) is 0 Å². The van der Waals surface area contributed by atoms with Crippen LogP contribution >= 0.6 is 0 Å². The van der Waals surface area contributed by atoms with Crippen LogP contribution in [0.2, 0.25) is 0 Å². The van der Waals surface area contributed by atoms with E-state index in [1.807, 2.05) is 13.0 Å². The van der Waals surface area contributed by atoms with Gasteiger partial charge in [0.05, 0.1) is 6.61 Å². The first-order valence-electron chi connectivity index (χ1n) is 8.00. The lowest BCUT2D eigenvalue weighted by Gasteiger charge is -2.09. The minimum Gasteiger partial charge on any atom is -0.494 e. The topological polar surface area (TPSA) is 67.4 Å². The molecule has 2 aromatic rings. The number of hydrazine groups is 1. The van der Waals surface area contributed by atoms with Gasteiger partial charge in [0.25, 0.3) is 11.8 Å². The number of hydrogen-bond acceptors (Lipinski definition) is 3. The van der Waals surface area contributed by atoms with E-state index in [0.29, 0.717) is 23.5 Å². The third kappa shape index (κ3) is 5.12. The molecule has 5 heteroatoms. The first-order valence-corrected chi connectivity index (χ1v) is 8.00. The zero-order valence-electron chi connectivity index (χ0n) is 14.0. The molecule has 0 spiro atoms. The van der Waals surface area contributed by atoms with Gasteiger partial charge in [-0.05, 0) is 43.7 Å². The lowest BCUT2D eigenvalue weighted by atomic mass is 10.1. The molecule has 0 unspecified atom stereocenters. The Morgan fingerprint density at radius 3 is 2.21 bits per heavy atom. The number of benzene rings is 2. The lowest BCUT2D eigenvalue weighted by Crippen LogP contribution is -2.41. The van der Waals surface area contributed by atoms with E-state index in [2.05, 4.69) is 17.8 Å². The van der Waals surface area contributed by atoms with E-state index in [1.54, 1.807) is 42.5 Å². The molecule has 0 bridgehead atoms. The zero-order valence-corrected chi connectivity index (χ0v) is 14.0. The van der Waals surface area contributed by atoms with Crippen LogP contribution in [0.25, 0.3) is 0 Å². The molecule has 0 saturated carbocycles. The second kappa shape index (κ2) is 8.72. The van der Waals surface area contributed by atoms with Gasteiger partial charge in [-0.25, -0.2) is 0 Å². The minimum atomic E-state index is -0.392. The van der Waals surface area contributed by atoms with Crippen molar-refractivity contribution >= 4 is 11.8 Å². The Kier molecular flexibility index (Phi) is 6.37. The Hall–Kier alpha value is -2.82. The molecule has 0 atom stereocenters. The van der Waals surface area contributed by atoms with Crippen LogP contribution in [0.1, 0.15) is 46.0 Å². The summed E-state index contributed by atoms with van der Waals surface area (Å²) in [7, 11) is 0. The van der Waals surface area contributed by atoms with Gasteiger partial charge in [0.1, 0.15) is 5.75 Å². The van der Waals surface area contributed by atoms with Gasteiger partial charge in [-0.15, -0.1) is 0 Å². The molecule has 2 aromatic carbocycles. The van der Waals surface area contributed by atoms with Gasteiger partial charge in [-0.3, -0.25) is 20.4 Å². The number of unbranched alkanes of at least 4 members (excludes halogenated alkanes) is 1. The fraction of sp³-hybridized carbons (Fsp3) is 0.263. The Morgan fingerprint density at radius 2 is 1.58 bits per heavy atom. The van der Waals surface area contributed by atoms with Crippen molar-refractivity contribution in [3.63, 3.8) is 0 Å². The molecular formula is C19H22N2O3. The maximum atomic E-state index is 12.1. The summed E-state index contributed by atoms with van der Waals surface area (Å²) in [5, 5.41) is 0. The Bertz CT molecular complexity index is 713. The second-order valence-electron chi connectivity index (χ2n) is 5.51. The summed E-state index contributed by atoms with van der Waals surface area (Å²) >= 11 is 0. The van der Waals surface area contributed by atoms with E-state index >= 15 is 0 Å². The predicted octanol–water partition coefficient (Wildman–Crippen LogP) is 3.25. The summed E-state index contributed by atoms with van der Waals surface area (Å²) in [6.45, 7) is 4.61. The number of amides is 2. The molecule has 5 nitrogen and oxygen atoms in total. The molecule has 2 rings (SSSR count). The average molecular weight is 326 g/mol. The molecule has 0 saturated heterocycles. The normalized spacial score (nSPS) is 10.1. The van der Waals surface area contributed by atoms with Crippen LogP contribution in [-0.4, -0.2) is 18.4 Å². The maximum absolute atomic E-state index is 12.1. The quantitative estimate of drug-likeness (QED) is 0.632. The largest absolute Gasteiger partial charge is 0.494 e. The highest BCUT2D eigenvalue weighted by atomic mass is 16.5. The maximum Gasteiger partial charge on any atom is 0.269 e. The first kappa shape index (κ1) is 17.5. The molecule has 0 heterocycles. The predicted molar refractivity (Wildman–Crippen MR) is 93.0 cm³/mol. The van der Waals surface area contributed by atoms with Crippen LogP contribution < -0.4 is 15.6 Å². The standard InChI is InChI=1S/C19H22N2O3/c1-3-4-11-24-17-10-6-9-16(13-17)19(23)21-20-18(22)15-8-5-7-14(2)12-15/h5-10,12-13H,3-4,11H2,1-2H3,(H,20,22)(H,21,23). The van der Waals surface area contributed by atoms with Gasteiger partial charge < -0.3 is 4.74 Å². The zero-order chi connectivity index (χ0) is 17.4. The highest BCUT2D eigenvalue weighted by molar-refractivity contribution is 5.99. The van der Waals surface area contributed by atoms with Gasteiger partial charge in [-0.1, -0.05) is 37.1 Å². The summed E-state index contributed by atoms with van der Waals surface area (Å²) in [5.41, 5.74) is 6.73. The lowest BCUT2D eigenvalue weighted by molar-refractivity contribution is 0.0846. The fourth-order valence-corrected chi connectivity index (χ4v) is 2.11. The van der Waals surface area contributed by atoms with E-state index < -0.39 is 5.91 Å². The monoisotopic (exact) mass is 326 g/mol. The smallest absolute Gasteiger partial charge is 0.269 e. The van der Waals surface area contributed by atoms with E-state index in [4.69, 9.17) is 4.74 Å². The van der Waals surface area contributed by atoms with E-state index in [-0.39, 0.29) is 5.91 Å². The molecule has 2 N–H and O–H groups in total. The fourth-order valence-electron chi connectivity index (χ4n) is 2.11. The Morgan fingerprint density at radius 1 is 0.958 bits per heavy atom. The van der Waals surface area contributed by atoms with Crippen molar-refractivity contribution in [2.75, 3.05) is 6.61 Å². The second-order valence-corrected chi connectivity index (χ2v) is 5.51. The van der Waals surface area contributed by atoms with Gasteiger partial charge in [-0.2, -0.15) is 0 Å². The molecule has 24 heavy (non-hydrogen) atoms. The van der Waals surface area contributed by atoms with Crippen LogP contribution in [0, 0.1) is 6.92 Å². The molecule has 0 aliphatic rings. The van der Waals surface area contributed by atoms with Crippen molar-refractivity contribution in [2.45, 2.75) is 26.7 Å². The van der Waals surface area contributed by atoms with E-state index in [1.165, 1.54) is 0 Å². The van der Waals surface area contributed by atoms with Gasteiger partial charge >= 0.3 is 0 Å². The molecule has 2 amide bonds. The number of aryl methyl sites for hydroxylation is 1. The van der Waals surface area contributed by atoms with Crippen LogP contribution in [-0.2, 0) is 0 Å². The number of hydrogen-bond donors (Lipinski definition) is 2. The Balaban J connectivity index is 1.92. The SMILES string of the molecule is CCCCOc1cccc(C(=O)NNC(=O)c2cccc(C)c2)c1. The average Bonchev–Trinajstić information content (AvgIpc) is 2.60. The molecule has 0 aliphatic carbocycles.